The summed E-state index contributed by atoms with van der Waals surface area (Å²) in [5.74, 6) is 0. The van der Waals surface area contributed by atoms with Gasteiger partial charge in [-0.05, 0) is 11.4 Å². The van der Waals surface area contributed by atoms with Gasteiger partial charge in [0.15, 0.2) is 0 Å². The van der Waals surface area contributed by atoms with E-state index in [1.54, 1.807) is 7.11 Å². The van der Waals surface area contributed by atoms with Crippen molar-refractivity contribution >= 4 is 21.4 Å². The third-order valence-corrected chi connectivity index (χ3v) is 4.34. The van der Waals surface area contributed by atoms with Crippen molar-refractivity contribution in [2.24, 2.45) is 0 Å². The fourth-order valence-electron chi connectivity index (χ4n) is 1.17. The molecule has 16 heavy (non-hydrogen) atoms. The molecule has 1 heterocycles. The first-order valence-electron chi connectivity index (χ1n) is 4.74. The first kappa shape index (κ1) is 13.4. The number of ether oxygens (including phenoxy) is 1. The lowest BCUT2D eigenvalue weighted by Gasteiger charge is -2.18. The maximum Gasteiger partial charge on any atom is 0.236 e. The minimum Gasteiger partial charge on any atom is -0.383 e. The van der Waals surface area contributed by atoms with Crippen LogP contribution in [0.25, 0.3) is 0 Å². The van der Waals surface area contributed by atoms with Crippen molar-refractivity contribution < 1.29 is 13.2 Å². The third-order valence-electron chi connectivity index (χ3n) is 2.03. The van der Waals surface area contributed by atoms with Gasteiger partial charge in [-0.1, -0.05) is 12.6 Å². The van der Waals surface area contributed by atoms with Crippen LogP contribution in [0.15, 0.2) is 29.5 Å². The van der Waals surface area contributed by atoms with Gasteiger partial charge in [0.05, 0.1) is 6.61 Å². The molecule has 0 bridgehead atoms. The molecule has 0 atom stereocenters. The van der Waals surface area contributed by atoms with Crippen LogP contribution < -0.4 is 0 Å². The Balaban J connectivity index is 2.75. The van der Waals surface area contributed by atoms with Gasteiger partial charge in [-0.3, -0.25) is 0 Å². The molecule has 0 saturated heterocycles. The molecule has 0 spiro atoms. The minimum atomic E-state index is -3.38. The molecule has 4 nitrogen and oxygen atoms in total. The summed E-state index contributed by atoms with van der Waals surface area (Å²) in [4.78, 5) is 1.00. The second kappa shape index (κ2) is 6.15. The van der Waals surface area contributed by atoms with Crippen molar-refractivity contribution in [3.05, 3.63) is 34.4 Å². The van der Waals surface area contributed by atoms with Crippen LogP contribution in [-0.2, 0) is 21.3 Å². The van der Waals surface area contributed by atoms with Gasteiger partial charge in [0.25, 0.3) is 0 Å². The molecule has 0 amide bonds. The smallest absolute Gasteiger partial charge is 0.236 e. The summed E-state index contributed by atoms with van der Waals surface area (Å²) >= 11 is 1.53. The molecule has 6 heteroatoms. The number of hydrogen-bond acceptors (Lipinski definition) is 4. The molecular weight excluding hydrogens is 246 g/mol. The normalized spacial score (nSPS) is 11.9. The Bertz CT molecular complexity index is 411. The van der Waals surface area contributed by atoms with Gasteiger partial charge in [-0.2, -0.15) is 4.31 Å². The molecule has 1 aromatic heterocycles. The number of sulfonamides is 1. The lowest BCUT2D eigenvalue weighted by atomic mass is 10.4. The average molecular weight is 261 g/mol. The van der Waals surface area contributed by atoms with Crippen LogP contribution in [0.5, 0.6) is 0 Å². The molecule has 0 saturated carbocycles. The highest BCUT2D eigenvalue weighted by molar-refractivity contribution is 7.92. The van der Waals surface area contributed by atoms with Crippen LogP contribution in [0.2, 0.25) is 0 Å². The number of thiophene rings is 1. The van der Waals surface area contributed by atoms with Gasteiger partial charge >= 0.3 is 0 Å². The maximum absolute atomic E-state index is 11.7. The molecule has 0 aliphatic carbocycles. The number of hydrogen-bond donors (Lipinski definition) is 0. The van der Waals surface area contributed by atoms with Crippen LogP contribution in [0.4, 0.5) is 0 Å². The SMILES string of the molecule is C=CS(=O)(=O)N(CCOC)Cc1cccs1. The fourth-order valence-corrected chi connectivity index (χ4v) is 2.83. The molecule has 1 rings (SSSR count). The molecule has 1 aromatic rings. The molecule has 0 aliphatic rings. The van der Waals surface area contributed by atoms with E-state index < -0.39 is 10.0 Å². The standard InChI is InChI=1S/C10H15NO3S2/c1-3-16(12,13)11(6-7-14-2)9-10-5-4-8-15-10/h3-5,8H,1,6-7,9H2,2H3. The zero-order valence-corrected chi connectivity index (χ0v) is 10.8. The number of nitrogens with zero attached hydrogens (tertiary/aromatic N) is 1. The monoisotopic (exact) mass is 261 g/mol. The highest BCUT2D eigenvalue weighted by atomic mass is 32.2. The highest BCUT2D eigenvalue weighted by Gasteiger charge is 2.18. The van der Waals surface area contributed by atoms with Crippen LogP contribution in [0.3, 0.4) is 0 Å². The summed E-state index contributed by atoms with van der Waals surface area (Å²) in [6, 6.07) is 3.80. The first-order chi connectivity index (χ1) is 7.60. The Hall–Kier alpha value is -0.690. The van der Waals surface area contributed by atoms with Crippen molar-refractivity contribution in [3.8, 4) is 0 Å². The van der Waals surface area contributed by atoms with Crippen LogP contribution in [0, 0.1) is 0 Å². The van der Waals surface area contributed by atoms with Crippen molar-refractivity contribution in [2.75, 3.05) is 20.3 Å². The van der Waals surface area contributed by atoms with Gasteiger partial charge in [-0.25, -0.2) is 8.42 Å². The molecule has 0 aliphatic heterocycles. The summed E-state index contributed by atoms with van der Waals surface area (Å²) in [5.41, 5.74) is 0. The van der Waals surface area contributed by atoms with Crippen molar-refractivity contribution in [3.63, 3.8) is 0 Å². The van der Waals surface area contributed by atoms with E-state index in [4.69, 9.17) is 4.74 Å². The fraction of sp³-hybridized carbons (Fsp3) is 0.400. The summed E-state index contributed by atoms with van der Waals surface area (Å²) in [7, 11) is -1.84. The largest absolute Gasteiger partial charge is 0.383 e. The summed E-state index contributed by atoms with van der Waals surface area (Å²) in [5, 5.41) is 2.89. The first-order valence-corrected chi connectivity index (χ1v) is 7.12. The number of methoxy groups -OCH3 is 1. The van der Waals surface area contributed by atoms with Crippen molar-refractivity contribution in [1.29, 1.82) is 0 Å². The van der Waals surface area contributed by atoms with Crippen LogP contribution >= 0.6 is 11.3 Å². The van der Waals surface area contributed by atoms with Gasteiger partial charge in [0.2, 0.25) is 10.0 Å². The van der Waals surface area contributed by atoms with Crippen molar-refractivity contribution in [2.45, 2.75) is 6.54 Å². The van der Waals surface area contributed by atoms with Gasteiger partial charge < -0.3 is 4.74 Å². The van der Waals surface area contributed by atoms with Gasteiger partial charge in [0, 0.05) is 30.5 Å². The van der Waals surface area contributed by atoms with Gasteiger partial charge in [0.1, 0.15) is 0 Å². The van der Waals surface area contributed by atoms with Crippen molar-refractivity contribution in [1.82, 2.24) is 4.31 Å². The Morgan fingerprint density at radius 2 is 2.38 bits per heavy atom. The Morgan fingerprint density at radius 1 is 1.62 bits per heavy atom. The summed E-state index contributed by atoms with van der Waals surface area (Å²) in [6.45, 7) is 4.40. The lowest BCUT2D eigenvalue weighted by Crippen LogP contribution is -2.31. The predicted octanol–water partition coefficient (Wildman–Crippen LogP) is 1.67. The Labute approximate surface area is 100 Å². The number of rotatable bonds is 7. The molecule has 0 unspecified atom stereocenters. The highest BCUT2D eigenvalue weighted by Crippen LogP contribution is 2.14. The third kappa shape index (κ3) is 3.71. The van der Waals surface area contributed by atoms with E-state index >= 15 is 0 Å². The molecule has 0 radical (unpaired) electrons. The summed E-state index contributed by atoms with van der Waals surface area (Å²) < 4.78 is 29.6. The van der Waals surface area contributed by atoms with E-state index in [9.17, 15) is 8.42 Å². The van der Waals surface area contributed by atoms with E-state index in [1.165, 1.54) is 15.6 Å². The average Bonchev–Trinajstić information content (AvgIpc) is 2.76. The minimum absolute atomic E-state index is 0.336. The Kier molecular flexibility index (Phi) is 5.14. The Morgan fingerprint density at radius 3 is 2.88 bits per heavy atom. The molecule has 0 N–H and O–H groups in total. The lowest BCUT2D eigenvalue weighted by molar-refractivity contribution is 0.178. The predicted molar refractivity (Wildman–Crippen MR) is 65.7 cm³/mol. The topological polar surface area (TPSA) is 46.6 Å². The zero-order valence-electron chi connectivity index (χ0n) is 9.13. The summed E-state index contributed by atoms with van der Waals surface area (Å²) in [6.07, 6.45) is 0. The van der Waals surface area contributed by atoms with Gasteiger partial charge in [-0.15, -0.1) is 11.3 Å². The van der Waals surface area contributed by atoms with Crippen LogP contribution in [-0.4, -0.2) is 33.0 Å². The van der Waals surface area contributed by atoms with E-state index in [1.807, 2.05) is 17.5 Å². The molecule has 0 fully saturated rings. The second-order valence-corrected chi connectivity index (χ2v) is 6.03. The maximum atomic E-state index is 11.7. The van der Waals surface area contributed by atoms with E-state index in [-0.39, 0.29) is 0 Å². The zero-order chi connectivity index (χ0) is 12.0. The molecular formula is C10H15NO3S2. The van der Waals surface area contributed by atoms with E-state index in [2.05, 4.69) is 6.58 Å². The molecule has 0 aromatic carbocycles. The van der Waals surface area contributed by atoms with E-state index in [0.29, 0.717) is 19.7 Å². The molecule has 90 valence electrons. The van der Waals surface area contributed by atoms with E-state index in [0.717, 1.165) is 10.3 Å². The second-order valence-electron chi connectivity index (χ2n) is 3.12. The quantitative estimate of drug-likeness (QED) is 0.750. The van der Waals surface area contributed by atoms with Crippen LogP contribution in [0.1, 0.15) is 4.88 Å².